The van der Waals surface area contributed by atoms with E-state index in [-0.39, 0.29) is 5.41 Å². The van der Waals surface area contributed by atoms with Crippen molar-refractivity contribution < 1.29 is 0 Å². The molecule has 0 N–H and O–H groups in total. The molecule has 2 heterocycles. The Morgan fingerprint density at radius 3 is 1.59 bits per heavy atom. The van der Waals surface area contributed by atoms with Crippen molar-refractivity contribution in [1.82, 2.24) is 19.9 Å². The molecule has 242 valence electrons. The number of rotatable bonds is 6. The number of fused-ring (bicyclic) bond motifs is 3. The predicted octanol–water partition coefficient (Wildman–Crippen LogP) is 11.6. The third kappa shape index (κ3) is 5.51. The van der Waals surface area contributed by atoms with E-state index in [2.05, 4.69) is 117 Å². The smallest absolute Gasteiger partial charge is 0.165 e. The lowest BCUT2D eigenvalue weighted by Crippen LogP contribution is -2.14. The third-order valence-electron chi connectivity index (χ3n) is 9.99. The fourth-order valence-corrected chi connectivity index (χ4v) is 7.36. The van der Waals surface area contributed by atoms with E-state index in [1.165, 1.54) is 33.4 Å². The summed E-state index contributed by atoms with van der Waals surface area (Å²) in [5.74, 6) is 1.82. The normalized spacial score (nSPS) is 12.7. The van der Waals surface area contributed by atoms with Crippen LogP contribution >= 0.6 is 0 Å². The molecule has 6 aromatic carbocycles. The standard InChI is InChI=1S/C47H34N4/c1-47(2)40-24-10-9-22-39(40)43-38(23-13-25-41(43)47)35-20-11-18-33(28-35)34-19-12-21-36(29-34)45-49-44(32-16-7-4-8-17-32)50-46(51-45)37-26-27-42(48-30-37)31-14-5-3-6-15-31/h3-30H,1-2H3. The molecule has 9 rings (SSSR count). The second-order valence-corrected chi connectivity index (χ2v) is 13.5. The molecule has 0 unspecified atom stereocenters. The minimum atomic E-state index is -0.0458. The molecule has 8 aromatic rings. The first-order valence-corrected chi connectivity index (χ1v) is 17.3. The molecule has 0 fully saturated rings. The van der Waals surface area contributed by atoms with Gasteiger partial charge >= 0.3 is 0 Å². The largest absolute Gasteiger partial charge is 0.255 e. The van der Waals surface area contributed by atoms with Crippen molar-refractivity contribution in [3.8, 4) is 78.8 Å². The topological polar surface area (TPSA) is 51.6 Å². The Morgan fingerprint density at radius 2 is 0.882 bits per heavy atom. The Labute approximate surface area is 298 Å². The van der Waals surface area contributed by atoms with Gasteiger partial charge < -0.3 is 0 Å². The first-order valence-electron chi connectivity index (χ1n) is 17.3. The van der Waals surface area contributed by atoms with E-state index in [1.54, 1.807) is 0 Å². The molecule has 0 spiro atoms. The lowest BCUT2D eigenvalue weighted by Gasteiger charge is -2.21. The quantitative estimate of drug-likeness (QED) is 0.179. The summed E-state index contributed by atoms with van der Waals surface area (Å²) in [5, 5.41) is 0. The van der Waals surface area contributed by atoms with Crippen LogP contribution in [0.5, 0.6) is 0 Å². The lowest BCUT2D eigenvalue weighted by molar-refractivity contribution is 0.660. The molecule has 51 heavy (non-hydrogen) atoms. The van der Waals surface area contributed by atoms with Crippen LogP contribution in [0.25, 0.3) is 78.8 Å². The van der Waals surface area contributed by atoms with Gasteiger partial charge in [-0.3, -0.25) is 4.98 Å². The van der Waals surface area contributed by atoms with E-state index >= 15 is 0 Å². The summed E-state index contributed by atoms with van der Waals surface area (Å²) in [5.41, 5.74) is 14.7. The average Bonchev–Trinajstić information content (AvgIpc) is 3.44. The highest BCUT2D eigenvalue weighted by Crippen LogP contribution is 2.52. The zero-order valence-corrected chi connectivity index (χ0v) is 28.5. The van der Waals surface area contributed by atoms with Crippen LogP contribution in [-0.4, -0.2) is 19.9 Å². The summed E-state index contributed by atoms with van der Waals surface area (Å²) in [6, 6.07) is 57.2. The Hall–Kier alpha value is -6.52. The molecule has 2 aromatic heterocycles. The zero-order chi connectivity index (χ0) is 34.4. The van der Waals surface area contributed by atoms with Gasteiger partial charge in [0.25, 0.3) is 0 Å². The zero-order valence-electron chi connectivity index (χ0n) is 28.5. The van der Waals surface area contributed by atoms with E-state index in [1.807, 2.05) is 66.9 Å². The molecular formula is C47H34N4. The van der Waals surface area contributed by atoms with Gasteiger partial charge in [0.1, 0.15) is 0 Å². The number of benzene rings is 6. The van der Waals surface area contributed by atoms with Crippen molar-refractivity contribution in [3.05, 3.63) is 181 Å². The highest BCUT2D eigenvalue weighted by molar-refractivity contribution is 5.93. The maximum Gasteiger partial charge on any atom is 0.165 e. The van der Waals surface area contributed by atoms with Crippen molar-refractivity contribution in [2.24, 2.45) is 0 Å². The molecule has 0 amide bonds. The second kappa shape index (κ2) is 12.4. The summed E-state index contributed by atoms with van der Waals surface area (Å²) in [7, 11) is 0. The first-order chi connectivity index (χ1) is 25.0. The van der Waals surface area contributed by atoms with E-state index in [0.717, 1.165) is 39.1 Å². The van der Waals surface area contributed by atoms with Crippen molar-refractivity contribution in [2.75, 3.05) is 0 Å². The summed E-state index contributed by atoms with van der Waals surface area (Å²) in [4.78, 5) is 19.7. The number of hydrogen-bond donors (Lipinski definition) is 0. The summed E-state index contributed by atoms with van der Waals surface area (Å²) >= 11 is 0. The van der Waals surface area contributed by atoms with Crippen molar-refractivity contribution >= 4 is 0 Å². The van der Waals surface area contributed by atoms with Crippen LogP contribution in [0.15, 0.2) is 170 Å². The van der Waals surface area contributed by atoms with Crippen molar-refractivity contribution in [3.63, 3.8) is 0 Å². The summed E-state index contributed by atoms with van der Waals surface area (Å²) in [6.07, 6.45) is 1.85. The van der Waals surface area contributed by atoms with Crippen LogP contribution < -0.4 is 0 Å². The third-order valence-corrected chi connectivity index (χ3v) is 9.99. The lowest BCUT2D eigenvalue weighted by atomic mass is 9.82. The Kier molecular flexibility index (Phi) is 7.44. The molecule has 0 saturated carbocycles. The average molecular weight is 655 g/mol. The summed E-state index contributed by atoms with van der Waals surface area (Å²) < 4.78 is 0. The number of pyridine rings is 1. The molecule has 4 heteroatoms. The van der Waals surface area contributed by atoms with Crippen LogP contribution in [0.4, 0.5) is 0 Å². The highest BCUT2D eigenvalue weighted by Gasteiger charge is 2.36. The van der Waals surface area contributed by atoms with Gasteiger partial charge in [0.05, 0.1) is 5.69 Å². The maximum atomic E-state index is 5.01. The highest BCUT2D eigenvalue weighted by atomic mass is 15.0. The fraction of sp³-hybridized carbons (Fsp3) is 0.0638. The Morgan fingerprint density at radius 1 is 0.373 bits per heavy atom. The molecule has 4 nitrogen and oxygen atoms in total. The SMILES string of the molecule is CC1(C)c2ccccc2-c2c(-c3cccc(-c4cccc(-c5nc(-c6ccccc6)nc(-c6ccc(-c7ccccc7)nc6)n5)c4)c3)cccc21. The fourth-order valence-electron chi connectivity index (χ4n) is 7.36. The predicted molar refractivity (Wildman–Crippen MR) is 208 cm³/mol. The van der Waals surface area contributed by atoms with Crippen LogP contribution in [0.2, 0.25) is 0 Å². The van der Waals surface area contributed by atoms with Gasteiger partial charge in [-0.15, -0.1) is 0 Å². The van der Waals surface area contributed by atoms with Gasteiger partial charge in [0.2, 0.25) is 0 Å². The second-order valence-electron chi connectivity index (χ2n) is 13.5. The van der Waals surface area contributed by atoms with Gasteiger partial charge in [-0.2, -0.15) is 0 Å². The van der Waals surface area contributed by atoms with E-state index in [9.17, 15) is 0 Å². The van der Waals surface area contributed by atoms with E-state index < -0.39 is 0 Å². The molecule has 1 aliphatic carbocycles. The number of nitrogens with zero attached hydrogens (tertiary/aromatic N) is 4. The van der Waals surface area contributed by atoms with Gasteiger partial charge in [-0.25, -0.2) is 15.0 Å². The molecule has 0 radical (unpaired) electrons. The minimum absolute atomic E-state index is 0.0458. The molecular weight excluding hydrogens is 621 g/mol. The molecule has 0 atom stereocenters. The van der Waals surface area contributed by atoms with Crippen LogP contribution in [-0.2, 0) is 5.41 Å². The van der Waals surface area contributed by atoms with E-state index in [4.69, 9.17) is 19.9 Å². The van der Waals surface area contributed by atoms with Crippen molar-refractivity contribution in [1.29, 1.82) is 0 Å². The Balaban J connectivity index is 1.11. The Bertz CT molecular complexity index is 2540. The number of aromatic nitrogens is 4. The maximum absolute atomic E-state index is 5.01. The van der Waals surface area contributed by atoms with Crippen LogP contribution in [0.1, 0.15) is 25.0 Å². The molecule has 1 aliphatic rings. The summed E-state index contributed by atoms with van der Waals surface area (Å²) in [6.45, 7) is 4.66. The van der Waals surface area contributed by atoms with Crippen LogP contribution in [0, 0.1) is 0 Å². The molecule has 0 aliphatic heterocycles. The van der Waals surface area contributed by atoms with Gasteiger partial charge in [0, 0.05) is 33.9 Å². The van der Waals surface area contributed by atoms with Gasteiger partial charge in [-0.1, -0.05) is 153 Å². The van der Waals surface area contributed by atoms with E-state index in [0.29, 0.717) is 17.5 Å². The molecule has 0 saturated heterocycles. The molecule has 0 bridgehead atoms. The first kappa shape index (κ1) is 30.5. The monoisotopic (exact) mass is 654 g/mol. The van der Waals surface area contributed by atoms with Gasteiger partial charge in [-0.05, 0) is 68.8 Å². The van der Waals surface area contributed by atoms with Crippen molar-refractivity contribution in [2.45, 2.75) is 19.3 Å². The number of hydrogen-bond acceptors (Lipinski definition) is 4. The van der Waals surface area contributed by atoms with Crippen LogP contribution in [0.3, 0.4) is 0 Å². The van der Waals surface area contributed by atoms with Gasteiger partial charge in [0.15, 0.2) is 17.5 Å². The minimum Gasteiger partial charge on any atom is -0.255 e.